The Hall–Kier alpha value is -1.88. The highest BCUT2D eigenvalue weighted by atomic mass is 32.2. The van der Waals surface area contributed by atoms with Crippen LogP contribution in [0.3, 0.4) is 0 Å². The normalized spacial score (nSPS) is 10.3. The molecule has 0 aliphatic heterocycles. The van der Waals surface area contributed by atoms with Crippen LogP contribution in [-0.2, 0) is 11.2 Å². The zero-order valence-electron chi connectivity index (χ0n) is 11.6. The molecule has 0 atom stereocenters. The third-order valence-corrected chi connectivity index (χ3v) is 3.75. The summed E-state index contributed by atoms with van der Waals surface area (Å²) in [6.45, 7) is 4.08. The van der Waals surface area contributed by atoms with Gasteiger partial charge in [-0.1, -0.05) is 36.9 Å². The lowest BCUT2D eigenvalue weighted by Crippen LogP contribution is -2.16. The van der Waals surface area contributed by atoms with Gasteiger partial charge in [-0.2, -0.15) is 0 Å². The maximum absolute atomic E-state index is 12.0. The predicted octanol–water partition coefficient (Wildman–Crippen LogP) is 3.08. The number of rotatable bonds is 5. The molecule has 0 saturated carbocycles. The van der Waals surface area contributed by atoms with Crippen LogP contribution < -0.4 is 5.32 Å². The van der Waals surface area contributed by atoms with Crippen molar-refractivity contribution in [1.29, 1.82) is 0 Å². The molecule has 1 aromatic heterocycles. The second-order valence-electron chi connectivity index (χ2n) is 4.33. The van der Waals surface area contributed by atoms with Gasteiger partial charge >= 0.3 is 0 Å². The van der Waals surface area contributed by atoms with Crippen molar-refractivity contribution in [3.8, 4) is 0 Å². The summed E-state index contributed by atoms with van der Waals surface area (Å²) in [4.78, 5) is 20.2. The smallest absolute Gasteiger partial charge is 0.234 e. The highest BCUT2D eigenvalue weighted by Crippen LogP contribution is 2.21. The van der Waals surface area contributed by atoms with Crippen LogP contribution in [0.4, 0.5) is 5.69 Å². The van der Waals surface area contributed by atoms with Crippen LogP contribution in [0.2, 0.25) is 0 Å². The molecule has 0 bridgehead atoms. The van der Waals surface area contributed by atoms with Crippen molar-refractivity contribution >= 4 is 23.4 Å². The molecule has 1 amide bonds. The van der Waals surface area contributed by atoms with Gasteiger partial charge in [0.05, 0.1) is 5.75 Å². The average Bonchev–Trinajstić information content (AvgIpc) is 2.48. The lowest BCUT2D eigenvalue weighted by atomic mass is 10.1. The van der Waals surface area contributed by atoms with Gasteiger partial charge in [-0.05, 0) is 30.5 Å². The third kappa shape index (κ3) is 3.81. The van der Waals surface area contributed by atoms with E-state index < -0.39 is 0 Å². The van der Waals surface area contributed by atoms with E-state index >= 15 is 0 Å². The van der Waals surface area contributed by atoms with Crippen LogP contribution in [0.5, 0.6) is 0 Å². The van der Waals surface area contributed by atoms with Gasteiger partial charge in [0.2, 0.25) is 5.91 Å². The van der Waals surface area contributed by atoms with Crippen LogP contribution in [0, 0.1) is 6.92 Å². The van der Waals surface area contributed by atoms with Crippen LogP contribution in [0.1, 0.15) is 18.1 Å². The minimum Gasteiger partial charge on any atom is -0.325 e. The summed E-state index contributed by atoms with van der Waals surface area (Å²) in [5.41, 5.74) is 3.16. The number of carbonyl (C=O) groups excluding carboxylic acids is 1. The molecular weight excluding hydrogens is 270 g/mol. The number of hydrogen-bond donors (Lipinski definition) is 1. The zero-order valence-corrected chi connectivity index (χ0v) is 12.4. The molecule has 0 fully saturated rings. The second kappa shape index (κ2) is 7.05. The van der Waals surface area contributed by atoms with Gasteiger partial charge in [0.25, 0.3) is 0 Å². The van der Waals surface area contributed by atoms with E-state index in [0.29, 0.717) is 10.9 Å². The Morgan fingerprint density at radius 3 is 2.70 bits per heavy atom. The molecule has 2 aromatic rings. The van der Waals surface area contributed by atoms with E-state index in [2.05, 4.69) is 22.2 Å². The first-order chi connectivity index (χ1) is 9.70. The Balaban J connectivity index is 1.98. The minimum atomic E-state index is -0.0357. The number of nitrogens with one attached hydrogen (secondary N) is 1. The quantitative estimate of drug-likeness (QED) is 0.678. The van der Waals surface area contributed by atoms with Crippen molar-refractivity contribution in [2.24, 2.45) is 0 Å². The van der Waals surface area contributed by atoms with Crippen molar-refractivity contribution in [2.45, 2.75) is 25.4 Å². The summed E-state index contributed by atoms with van der Waals surface area (Å²) in [6, 6.07) is 7.81. The van der Waals surface area contributed by atoms with E-state index in [1.54, 1.807) is 18.5 Å². The van der Waals surface area contributed by atoms with E-state index in [0.717, 1.165) is 23.2 Å². The number of amides is 1. The minimum absolute atomic E-state index is 0.0357. The number of carbonyl (C=O) groups is 1. The van der Waals surface area contributed by atoms with Gasteiger partial charge < -0.3 is 5.32 Å². The lowest BCUT2D eigenvalue weighted by molar-refractivity contribution is -0.113. The fourth-order valence-corrected chi connectivity index (χ4v) is 2.47. The van der Waals surface area contributed by atoms with Crippen molar-refractivity contribution in [1.82, 2.24) is 9.97 Å². The van der Waals surface area contributed by atoms with Crippen molar-refractivity contribution in [3.63, 3.8) is 0 Å². The van der Waals surface area contributed by atoms with Crippen molar-refractivity contribution in [3.05, 3.63) is 47.8 Å². The Morgan fingerprint density at radius 2 is 2.00 bits per heavy atom. The van der Waals surface area contributed by atoms with E-state index in [1.165, 1.54) is 11.8 Å². The number of anilines is 1. The number of aromatic nitrogens is 2. The second-order valence-corrected chi connectivity index (χ2v) is 5.27. The van der Waals surface area contributed by atoms with E-state index in [4.69, 9.17) is 0 Å². The number of thioether (sulfide) groups is 1. The van der Waals surface area contributed by atoms with Gasteiger partial charge in [0.15, 0.2) is 5.16 Å². The zero-order chi connectivity index (χ0) is 14.4. The van der Waals surface area contributed by atoms with E-state index in [9.17, 15) is 4.79 Å². The van der Waals surface area contributed by atoms with Crippen LogP contribution in [0.25, 0.3) is 0 Å². The molecule has 104 valence electrons. The number of para-hydroxylation sites is 1. The van der Waals surface area contributed by atoms with Gasteiger partial charge in [0.1, 0.15) is 0 Å². The molecule has 20 heavy (non-hydrogen) atoms. The van der Waals surface area contributed by atoms with E-state index in [1.807, 2.05) is 25.1 Å². The van der Waals surface area contributed by atoms with Crippen LogP contribution >= 0.6 is 11.8 Å². The first-order valence-electron chi connectivity index (χ1n) is 6.49. The average molecular weight is 287 g/mol. The molecule has 0 spiro atoms. The molecule has 2 rings (SSSR count). The largest absolute Gasteiger partial charge is 0.325 e. The van der Waals surface area contributed by atoms with Crippen molar-refractivity contribution in [2.75, 3.05) is 11.1 Å². The number of hydrogen-bond acceptors (Lipinski definition) is 4. The van der Waals surface area contributed by atoms with Gasteiger partial charge in [-0.25, -0.2) is 9.97 Å². The maximum atomic E-state index is 12.0. The monoisotopic (exact) mass is 287 g/mol. The van der Waals surface area contributed by atoms with Crippen LogP contribution in [0.15, 0.2) is 41.8 Å². The fourth-order valence-electron chi connectivity index (χ4n) is 1.87. The number of benzene rings is 1. The summed E-state index contributed by atoms with van der Waals surface area (Å²) in [6.07, 6.45) is 4.24. The summed E-state index contributed by atoms with van der Waals surface area (Å²) >= 11 is 1.33. The molecule has 0 aliphatic rings. The SMILES string of the molecule is CCc1cccc(C)c1NC(=O)CSc1ncccn1. The molecule has 1 heterocycles. The predicted molar refractivity (Wildman–Crippen MR) is 81.9 cm³/mol. The van der Waals surface area contributed by atoms with Crippen LogP contribution in [-0.4, -0.2) is 21.6 Å². The molecule has 0 saturated heterocycles. The number of aryl methyl sites for hydroxylation is 2. The molecule has 1 aromatic carbocycles. The molecule has 1 N–H and O–H groups in total. The molecule has 0 radical (unpaired) electrons. The van der Waals surface area contributed by atoms with Gasteiger partial charge in [-0.3, -0.25) is 4.79 Å². The Morgan fingerprint density at radius 1 is 1.25 bits per heavy atom. The summed E-state index contributed by atoms with van der Waals surface area (Å²) < 4.78 is 0. The Kier molecular flexibility index (Phi) is 5.12. The third-order valence-electron chi connectivity index (χ3n) is 2.88. The molecule has 5 heteroatoms. The van der Waals surface area contributed by atoms with E-state index in [-0.39, 0.29) is 5.91 Å². The van der Waals surface area contributed by atoms with Gasteiger partial charge in [0, 0.05) is 18.1 Å². The first-order valence-corrected chi connectivity index (χ1v) is 7.47. The standard InChI is InChI=1S/C15H17N3OS/c1-3-12-7-4-6-11(2)14(12)18-13(19)10-20-15-16-8-5-9-17-15/h4-9H,3,10H2,1-2H3,(H,18,19). The maximum Gasteiger partial charge on any atom is 0.234 e. The number of nitrogens with zero attached hydrogens (tertiary/aromatic N) is 2. The summed E-state index contributed by atoms with van der Waals surface area (Å²) in [5, 5.41) is 3.60. The molecule has 0 aliphatic carbocycles. The Bertz CT molecular complexity index is 587. The lowest BCUT2D eigenvalue weighted by Gasteiger charge is -2.12. The highest BCUT2D eigenvalue weighted by Gasteiger charge is 2.09. The molecule has 0 unspecified atom stereocenters. The van der Waals surface area contributed by atoms with Crippen molar-refractivity contribution < 1.29 is 4.79 Å². The fraction of sp³-hybridized carbons (Fsp3) is 0.267. The topological polar surface area (TPSA) is 54.9 Å². The summed E-state index contributed by atoms with van der Waals surface area (Å²) in [5.74, 6) is 0.271. The van der Waals surface area contributed by atoms with Gasteiger partial charge in [-0.15, -0.1) is 0 Å². The highest BCUT2D eigenvalue weighted by molar-refractivity contribution is 7.99. The summed E-state index contributed by atoms with van der Waals surface area (Å²) in [7, 11) is 0. The molecule has 4 nitrogen and oxygen atoms in total. The Labute approximate surface area is 123 Å². The first kappa shape index (κ1) is 14.5. The molecular formula is C15H17N3OS.